The van der Waals surface area contributed by atoms with E-state index in [0.717, 1.165) is 42.9 Å². The second kappa shape index (κ2) is 4.35. The Morgan fingerprint density at radius 1 is 1.30 bits per heavy atom. The maximum atomic E-state index is 11.6. The van der Waals surface area contributed by atoms with Crippen LogP contribution in [-0.2, 0) is 9.53 Å². The lowest BCUT2D eigenvalue weighted by atomic mass is 10.1. The van der Waals surface area contributed by atoms with E-state index in [-0.39, 0.29) is 5.91 Å². The molecule has 2 fully saturated rings. The molecule has 2 bridgehead atoms. The Bertz CT molecular complexity index is 580. The molecule has 5 nitrogen and oxygen atoms in total. The minimum absolute atomic E-state index is 0.171. The Hall–Kier alpha value is -1.30. The van der Waals surface area contributed by atoms with Crippen LogP contribution in [0.4, 0.5) is 11.4 Å². The highest BCUT2D eigenvalue weighted by Gasteiger charge is 2.35. The second-order valence-electron chi connectivity index (χ2n) is 5.72. The van der Waals surface area contributed by atoms with Gasteiger partial charge in [0.25, 0.3) is 0 Å². The fourth-order valence-electron chi connectivity index (χ4n) is 3.35. The van der Waals surface area contributed by atoms with Gasteiger partial charge in [-0.05, 0) is 25.0 Å². The monoisotopic (exact) mass is 293 g/mol. The zero-order valence-corrected chi connectivity index (χ0v) is 11.7. The molecule has 106 valence electrons. The zero-order valence-electron chi connectivity index (χ0n) is 10.9. The molecule has 3 unspecified atom stereocenters. The lowest BCUT2D eigenvalue weighted by Gasteiger charge is -2.34. The molecular weight excluding hydrogens is 278 g/mol. The third kappa shape index (κ3) is 1.81. The third-order valence-electron chi connectivity index (χ3n) is 4.38. The van der Waals surface area contributed by atoms with E-state index >= 15 is 0 Å². The van der Waals surface area contributed by atoms with Crippen LogP contribution in [0.5, 0.6) is 0 Å². The van der Waals surface area contributed by atoms with Crippen molar-refractivity contribution in [2.24, 2.45) is 5.73 Å². The number of hydrogen-bond donors (Lipinski definition) is 2. The molecule has 1 aromatic carbocycles. The molecule has 1 aromatic rings. The number of nitrogens with zero attached hydrogens (tertiary/aromatic N) is 1. The van der Waals surface area contributed by atoms with Gasteiger partial charge in [0.1, 0.15) is 6.04 Å². The van der Waals surface area contributed by atoms with Gasteiger partial charge < -0.3 is 20.7 Å². The van der Waals surface area contributed by atoms with Crippen molar-refractivity contribution >= 4 is 28.9 Å². The Morgan fingerprint density at radius 3 is 2.70 bits per heavy atom. The molecule has 3 aliphatic rings. The van der Waals surface area contributed by atoms with Crippen molar-refractivity contribution in [2.75, 3.05) is 23.3 Å². The highest BCUT2D eigenvalue weighted by atomic mass is 35.5. The number of hydrogen-bond acceptors (Lipinski definition) is 4. The fourth-order valence-corrected chi connectivity index (χ4v) is 3.64. The quantitative estimate of drug-likeness (QED) is 0.826. The molecular formula is C14H16ClN3O2. The van der Waals surface area contributed by atoms with Gasteiger partial charge in [0.2, 0.25) is 5.91 Å². The molecule has 0 spiro atoms. The summed E-state index contributed by atoms with van der Waals surface area (Å²) in [5, 5.41) is 3.46. The summed E-state index contributed by atoms with van der Waals surface area (Å²) in [6.07, 6.45) is 2.83. The normalized spacial score (nSPS) is 31.4. The van der Waals surface area contributed by atoms with Crippen molar-refractivity contribution in [2.45, 2.75) is 31.1 Å². The van der Waals surface area contributed by atoms with Crippen molar-refractivity contribution in [3.05, 3.63) is 22.7 Å². The first-order chi connectivity index (χ1) is 9.61. The third-order valence-corrected chi connectivity index (χ3v) is 4.68. The molecule has 3 atom stereocenters. The van der Waals surface area contributed by atoms with E-state index in [9.17, 15) is 4.79 Å². The molecule has 20 heavy (non-hydrogen) atoms. The Balaban J connectivity index is 1.70. The maximum absolute atomic E-state index is 11.6. The van der Waals surface area contributed by atoms with E-state index in [0.29, 0.717) is 17.2 Å². The summed E-state index contributed by atoms with van der Waals surface area (Å²) in [6.45, 7) is 1.71. The first kappa shape index (κ1) is 12.4. The van der Waals surface area contributed by atoms with E-state index in [4.69, 9.17) is 22.1 Å². The number of nitrogens with two attached hydrogens (primary N) is 1. The zero-order chi connectivity index (χ0) is 13.9. The minimum atomic E-state index is -0.614. The number of carbonyl (C=O) groups excluding carboxylic acids is 1. The van der Waals surface area contributed by atoms with Gasteiger partial charge in [-0.25, -0.2) is 0 Å². The summed E-state index contributed by atoms with van der Waals surface area (Å²) >= 11 is 6.39. The van der Waals surface area contributed by atoms with Gasteiger partial charge in [0, 0.05) is 24.3 Å². The van der Waals surface area contributed by atoms with Gasteiger partial charge in [-0.1, -0.05) is 11.6 Å². The van der Waals surface area contributed by atoms with Crippen LogP contribution in [0, 0.1) is 0 Å². The number of nitrogens with one attached hydrogen (secondary N) is 1. The van der Waals surface area contributed by atoms with E-state index < -0.39 is 6.04 Å². The van der Waals surface area contributed by atoms with Gasteiger partial charge in [-0.3, -0.25) is 4.79 Å². The van der Waals surface area contributed by atoms with Crippen LogP contribution in [0.1, 0.15) is 24.4 Å². The highest BCUT2D eigenvalue weighted by molar-refractivity contribution is 6.33. The highest BCUT2D eigenvalue weighted by Crippen LogP contribution is 2.40. The van der Waals surface area contributed by atoms with E-state index in [1.165, 1.54) is 0 Å². The second-order valence-corrected chi connectivity index (χ2v) is 6.13. The number of ether oxygens (including phenoxy) is 1. The molecule has 0 aliphatic carbocycles. The van der Waals surface area contributed by atoms with Crippen molar-refractivity contribution in [3.63, 3.8) is 0 Å². The maximum Gasteiger partial charge on any atom is 0.245 e. The first-order valence-electron chi connectivity index (χ1n) is 6.92. The number of anilines is 2. The summed E-state index contributed by atoms with van der Waals surface area (Å²) in [7, 11) is 0. The van der Waals surface area contributed by atoms with Crippen molar-refractivity contribution in [1.82, 2.24) is 0 Å². The van der Waals surface area contributed by atoms with Crippen molar-refractivity contribution in [3.8, 4) is 0 Å². The topological polar surface area (TPSA) is 67.6 Å². The first-order valence-corrected chi connectivity index (χ1v) is 7.30. The summed E-state index contributed by atoms with van der Waals surface area (Å²) in [5.41, 5.74) is 8.35. The standard InChI is InChI=1S/C14H16ClN3O2/c15-10-3-9-11(17-14(19)13(9)16)4-12(10)18-5-7-1-2-8(6-18)20-7/h3-4,7-8,13H,1-2,5-6,16H2,(H,17,19). The predicted octanol–water partition coefficient (Wildman–Crippen LogP) is 1.66. The van der Waals surface area contributed by atoms with Crippen LogP contribution < -0.4 is 16.0 Å². The average molecular weight is 294 g/mol. The summed E-state index contributed by atoms with van der Waals surface area (Å²) < 4.78 is 5.84. The summed E-state index contributed by atoms with van der Waals surface area (Å²) in [5.74, 6) is -0.171. The average Bonchev–Trinajstić information content (AvgIpc) is 2.90. The van der Waals surface area contributed by atoms with Crippen LogP contribution >= 0.6 is 11.6 Å². The lowest BCUT2D eigenvalue weighted by Crippen LogP contribution is -2.42. The van der Waals surface area contributed by atoms with Gasteiger partial charge in [0.05, 0.1) is 22.9 Å². The van der Waals surface area contributed by atoms with Crippen LogP contribution in [0.2, 0.25) is 5.02 Å². The Kier molecular flexibility index (Phi) is 2.70. The van der Waals surface area contributed by atoms with Crippen LogP contribution in [0.3, 0.4) is 0 Å². The van der Waals surface area contributed by atoms with Gasteiger partial charge in [0.15, 0.2) is 0 Å². The summed E-state index contributed by atoms with van der Waals surface area (Å²) in [4.78, 5) is 13.9. The molecule has 0 saturated carbocycles. The van der Waals surface area contributed by atoms with Crippen LogP contribution in [0.25, 0.3) is 0 Å². The molecule has 3 N–H and O–H groups in total. The van der Waals surface area contributed by atoms with E-state index in [2.05, 4.69) is 10.2 Å². The fraction of sp³-hybridized carbons (Fsp3) is 0.500. The lowest BCUT2D eigenvalue weighted by molar-refractivity contribution is -0.116. The molecule has 1 amide bonds. The smallest absolute Gasteiger partial charge is 0.245 e. The SMILES string of the molecule is NC1C(=O)Nc2cc(N3CC4CCC(C3)O4)c(Cl)cc21. The van der Waals surface area contributed by atoms with Crippen molar-refractivity contribution in [1.29, 1.82) is 0 Å². The Labute approximate surface area is 122 Å². The molecule has 6 heteroatoms. The molecule has 0 radical (unpaired) electrons. The number of benzene rings is 1. The Morgan fingerprint density at radius 2 is 2.00 bits per heavy atom. The molecule has 3 heterocycles. The molecule has 2 saturated heterocycles. The van der Waals surface area contributed by atoms with E-state index in [1.54, 1.807) is 0 Å². The molecule has 3 aliphatic heterocycles. The number of morpholine rings is 1. The predicted molar refractivity (Wildman–Crippen MR) is 77.1 cm³/mol. The van der Waals surface area contributed by atoms with E-state index in [1.807, 2.05) is 12.1 Å². The molecule has 0 aromatic heterocycles. The van der Waals surface area contributed by atoms with Crippen LogP contribution in [0.15, 0.2) is 12.1 Å². The number of rotatable bonds is 1. The number of halogens is 1. The molecule has 4 rings (SSSR count). The van der Waals surface area contributed by atoms with Gasteiger partial charge in [-0.15, -0.1) is 0 Å². The number of carbonyl (C=O) groups is 1. The van der Waals surface area contributed by atoms with Crippen LogP contribution in [-0.4, -0.2) is 31.2 Å². The largest absolute Gasteiger partial charge is 0.371 e. The van der Waals surface area contributed by atoms with Crippen molar-refractivity contribution < 1.29 is 9.53 Å². The van der Waals surface area contributed by atoms with Gasteiger partial charge >= 0.3 is 0 Å². The summed E-state index contributed by atoms with van der Waals surface area (Å²) in [6, 6.07) is 3.14. The minimum Gasteiger partial charge on any atom is -0.371 e. The van der Waals surface area contributed by atoms with Gasteiger partial charge in [-0.2, -0.15) is 0 Å². The number of fused-ring (bicyclic) bond motifs is 3. The number of amides is 1.